The summed E-state index contributed by atoms with van der Waals surface area (Å²) in [5, 5.41) is 7.63. The lowest BCUT2D eigenvalue weighted by molar-refractivity contribution is 0.487. The van der Waals surface area contributed by atoms with Gasteiger partial charge in [0.1, 0.15) is 17.2 Å². The number of anilines is 3. The van der Waals surface area contributed by atoms with Gasteiger partial charge >= 0.3 is 0 Å². The predicted octanol–water partition coefficient (Wildman–Crippen LogP) is 11.6. The first-order chi connectivity index (χ1) is 22.3. The van der Waals surface area contributed by atoms with Crippen LogP contribution in [0.25, 0.3) is 49.4 Å². The standard InChI is InChI=1S/C40H25N3O2/c44-41-26-17-19-28(20-18-26)42(36-24-22-32-31-12-5-7-15-38(31)45-39-16-8-13-33(36)40(32)39)29-21-23-37-34(25-29)30-11-4-6-14-35(30)43(37)27-9-2-1-3-10-27/h1-25H. The molecular formula is C40H25N3O2. The fraction of sp³-hybridized carbons (Fsp3) is 0. The Hall–Kier alpha value is -6.20. The van der Waals surface area contributed by atoms with E-state index >= 15 is 0 Å². The van der Waals surface area contributed by atoms with Crippen molar-refractivity contribution in [3.05, 3.63) is 157 Å². The third-order valence-corrected chi connectivity index (χ3v) is 8.76. The Morgan fingerprint density at radius 3 is 2.11 bits per heavy atom. The number of rotatable bonds is 5. The van der Waals surface area contributed by atoms with E-state index in [4.69, 9.17) is 4.74 Å². The molecule has 1 aromatic heterocycles. The van der Waals surface area contributed by atoms with Crippen molar-refractivity contribution in [1.82, 2.24) is 4.57 Å². The van der Waals surface area contributed by atoms with Gasteiger partial charge in [0.2, 0.25) is 0 Å². The molecule has 8 aromatic rings. The van der Waals surface area contributed by atoms with Crippen LogP contribution in [0.1, 0.15) is 0 Å². The monoisotopic (exact) mass is 579 g/mol. The molecule has 9 rings (SSSR count). The van der Waals surface area contributed by atoms with Crippen LogP contribution < -0.4 is 9.64 Å². The van der Waals surface area contributed by atoms with Crippen LogP contribution in [0.2, 0.25) is 0 Å². The average Bonchev–Trinajstić information content (AvgIpc) is 3.44. The number of ether oxygens (including phenoxy) is 1. The largest absolute Gasteiger partial charge is 0.456 e. The molecule has 1 aliphatic heterocycles. The molecule has 0 atom stereocenters. The Morgan fingerprint density at radius 1 is 0.533 bits per heavy atom. The van der Waals surface area contributed by atoms with Crippen molar-refractivity contribution in [3.63, 3.8) is 0 Å². The summed E-state index contributed by atoms with van der Waals surface area (Å²) in [6, 6.07) is 51.9. The molecule has 0 saturated carbocycles. The molecule has 1 aliphatic rings. The Kier molecular flexibility index (Phi) is 5.59. The van der Waals surface area contributed by atoms with Crippen molar-refractivity contribution >= 4 is 55.3 Å². The first kappa shape index (κ1) is 25.3. The van der Waals surface area contributed by atoms with Crippen LogP contribution in [0.5, 0.6) is 11.5 Å². The molecule has 0 radical (unpaired) electrons. The lowest BCUT2D eigenvalue weighted by atomic mass is 9.93. The molecule has 45 heavy (non-hydrogen) atoms. The van der Waals surface area contributed by atoms with Crippen LogP contribution >= 0.6 is 0 Å². The van der Waals surface area contributed by atoms with Gasteiger partial charge in [0.25, 0.3) is 0 Å². The van der Waals surface area contributed by atoms with Crippen molar-refractivity contribution in [2.45, 2.75) is 0 Å². The number of hydrogen-bond acceptors (Lipinski definition) is 4. The zero-order valence-corrected chi connectivity index (χ0v) is 24.1. The van der Waals surface area contributed by atoms with E-state index in [-0.39, 0.29) is 0 Å². The molecule has 7 aromatic carbocycles. The summed E-state index contributed by atoms with van der Waals surface area (Å²) >= 11 is 0. The summed E-state index contributed by atoms with van der Waals surface area (Å²) in [6.07, 6.45) is 0. The van der Waals surface area contributed by atoms with Crippen LogP contribution in [0.4, 0.5) is 22.7 Å². The summed E-state index contributed by atoms with van der Waals surface area (Å²) in [5.74, 6) is 1.70. The van der Waals surface area contributed by atoms with E-state index in [0.29, 0.717) is 5.69 Å². The van der Waals surface area contributed by atoms with E-state index in [0.717, 1.165) is 72.6 Å². The van der Waals surface area contributed by atoms with Crippen molar-refractivity contribution in [1.29, 1.82) is 0 Å². The minimum Gasteiger partial charge on any atom is -0.456 e. The van der Waals surface area contributed by atoms with Crippen LogP contribution in [-0.4, -0.2) is 4.57 Å². The van der Waals surface area contributed by atoms with Gasteiger partial charge in [-0.3, -0.25) is 0 Å². The zero-order chi connectivity index (χ0) is 29.9. The first-order valence-electron chi connectivity index (χ1n) is 14.9. The van der Waals surface area contributed by atoms with E-state index in [1.807, 2.05) is 48.5 Å². The number of fused-ring (bicyclic) bond motifs is 5. The van der Waals surface area contributed by atoms with Crippen LogP contribution in [-0.2, 0) is 0 Å². The predicted molar refractivity (Wildman–Crippen MR) is 184 cm³/mol. The summed E-state index contributed by atoms with van der Waals surface area (Å²) in [7, 11) is 0. The fourth-order valence-electron chi connectivity index (χ4n) is 6.80. The van der Waals surface area contributed by atoms with Gasteiger partial charge in [-0.2, -0.15) is 0 Å². The summed E-state index contributed by atoms with van der Waals surface area (Å²) in [6.45, 7) is 0. The highest BCUT2D eigenvalue weighted by Crippen LogP contribution is 2.50. The Bertz CT molecular complexity index is 2430. The number of nitrogens with zero attached hydrogens (tertiary/aromatic N) is 3. The quantitative estimate of drug-likeness (QED) is 0.191. The summed E-state index contributed by atoms with van der Waals surface area (Å²) in [4.78, 5) is 13.6. The molecule has 0 fully saturated rings. The number of hydrogen-bond donors (Lipinski definition) is 0. The second-order valence-electron chi connectivity index (χ2n) is 11.2. The summed E-state index contributed by atoms with van der Waals surface area (Å²) in [5.41, 5.74) is 8.96. The molecule has 0 amide bonds. The van der Waals surface area contributed by atoms with Crippen LogP contribution in [0.3, 0.4) is 0 Å². The number of nitroso groups, excluding NO2 is 1. The average molecular weight is 580 g/mol. The van der Waals surface area contributed by atoms with Gasteiger partial charge < -0.3 is 14.2 Å². The molecule has 0 bridgehead atoms. The minimum atomic E-state index is 0.391. The highest BCUT2D eigenvalue weighted by Gasteiger charge is 2.24. The molecule has 0 saturated heterocycles. The van der Waals surface area contributed by atoms with E-state index < -0.39 is 0 Å². The van der Waals surface area contributed by atoms with Crippen LogP contribution in [0, 0.1) is 4.91 Å². The molecular weight excluding hydrogens is 554 g/mol. The molecule has 5 nitrogen and oxygen atoms in total. The molecule has 0 spiro atoms. The highest BCUT2D eigenvalue weighted by atomic mass is 16.5. The number of aromatic nitrogens is 1. The van der Waals surface area contributed by atoms with Gasteiger partial charge in [-0.05, 0) is 89.6 Å². The van der Waals surface area contributed by atoms with Gasteiger partial charge in [0.15, 0.2) is 0 Å². The topological polar surface area (TPSA) is 46.8 Å². The van der Waals surface area contributed by atoms with E-state index in [9.17, 15) is 4.91 Å². The van der Waals surface area contributed by atoms with E-state index in [1.165, 1.54) is 5.39 Å². The maximum absolute atomic E-state index is 11.3. The Labute approximate surface area is 259 Å². The SMILES string of the molecule is O=Nc1ccc(N(c2ccc3c(c2)c2ccccc2n3-c2ccccc2)c2ccc3c4c(cccc24)Oc2ccccc2-3)cc1. The lowest BCUT2D eigenvalue weighted by Crippen LogP contribution is -2.11. The molecule has 0 N–H and O–H groups in total. The second kappa shape index (κ2) is 9.93. The van der Waals surface area contributed by atoms with E-state index in [2.05, 4.69) is 106 Å². The summed E-state index contributed by atoms with van der Waals surface area (Å²) < 4.78 is 8.73. The van der Waals surface area contributed by atoms with Crippen molar-refractivity contribution in [2.75, 3.05) is 4.90 Å². The number of benzene rings is 7. The van der Waals surface area contributed by atoms with Gasteiger partial charge in [-0.25, -0.2) is 0 Å². The molecule has 5 heteroatoms. The fourth-order valence-corrected chi connectivity index (χ4v) is 6.80. The van der Waals surface area contributed by atoms with E-state index in [1.54, 1.807) is 12.1 Å². The van der Waals surface area contributed by atoms with Crippen molar-refractivity contribution in [2.24, 2.45) is 5.18 Å². The van der Waals surface area contributed by atoms with Gasteiger partial charge in [-0.1, -0.05) is 72.8 Å². The molecule has 212 valence electrons. The van der Waals surface area contributed by atoms with Crippen LogP contribution in [0.15, 0.2) is 157 Å². The molecule has 0 aliphatic carbocycles. The highest BCUT2D eigenvalue weighted by molar-refractivity contribution is 6.13. The zero-order valence-electron chi connectivity index (χ0n) is 24.1. The Balaban J connectivity index is 1.31. The maximum Gasteiger partial charge on any atom is 0.135 e. The minimum absolute atomic E-state index is 0.391. The van der Waals surface area contributed by atoms with Crippen molar-refractivity contribution < 1.29 is 4.74 Å². The van der Waals surface area contributed by atoms with Gasteiger partial charge in [-0.15, -0.1) is 4.91 Å². The normalized spacial score (nSPS) is 11.8. The lowest BCUT2D eigenvalue weighted by Gasteiger charge is -2.29. The van der Waals surface area contributed by atoms with Gasteiger partial charge in [0, 0.05) is 44.2 Å². The smallest absolute Gasteiger partial charge is 0.135 e. The first-order valence-corrected chi connectivity index (χ1v) is 14.9. The number of para-hydroxylation sites is 3. The maximum atomic E-state index is 11.3. The third-order valence-electron chi connectivity index (χ3n) is 8.76. The third kappa shape index (κ3) is 3.88. The Morgan fingerprint density at radius 2 is 1.24 bits per heavy atom. The second-order valence-corrected chi connectivity index (χ2v) is 11.2. The van der Waals surface area contributed by atoms with Gasteiger partial charge in [0.05, 0.1) is 16.7 Å². The molecule has 0 unspecified atom stereocenters. The molecule has 2 heterocycles. The van der Waals surface area contributed by atoms with Crippen molar-refractivity contribution in [3.8, 4) is 28.3 Å².